The summed E-state index contributed by atoms with van der Waals surface area (Å²) in [6.07, 6.45) is 0. The van der Waals surface area contributed by atoms with Gasteiger partial charge in [-0.05, 0) is 37.3 Å². The summed E-state index contributed by atoms with van der Waals surface area (Å²) >= 11 is 0. The maximum absolute atomic E-state index is 12.0. The van der Waals surface area contributed by atoms with Crippen LogP contribution in [0.2, 0.25) is 0 Å². The smallest absolute Gasteiger partial charge is 0.273 e. The second-order valence-electron chi connectivity index (χ2n) is 4.66. The second-order valence-corrected chi connectivity index (χ2v) is 4.66. The van der Waals surface area contributed by atoms with Crippen molar-refractivity contribution in [2.45, 2.75) is 6.92 Å². The van der Waals surface area contributed by atoms with Gasteiger partial charge in [0.15, 0.2) is 0 Å². The summed E-state index contributed by atoms with van der Waals surface area (Å²) in [5, 5.41) is 20.0. The van der Waals surface area contributed by atoms with E-state index in [9.17, 15) is 19.7 Å². The molecule has 0 aliphatic heterocycles. The number of phenolic OH excluding ortho intramolecular Hbond substituents is 1. The molecular formula is C15H13N3O5. The van der Waals surface area contributed by atoms with Crippen molar-refractivity contribution in [2.24, 2.45) is 0 Å². The molecule has 0 unspecified atom stereocenters. The number of rotatable bonds is 3. The Bertz CT molecular complexity index is 771. The van der Waals surface area contributed by atoms with Crippen molar-refractivity contribution in [3.63, 3.8) is 0 Å². The van der Waals surface area contributed by atoms with Crippen molar-refractivity contribution in [1.82, 2.24) is 10.9 Å². The summed E-state index contributed by atoms with van der Waals surface area (Å²) < 4.78 is 0. The molecule has 0 spiro atoms. The van der Waals surface area contributed by atoms with Gasteiger partial charge in [-0.2, -0.15) is 0 Å². The van der Waals surface area contributed by atoms with Crippen LogP contribution in [-0.2, 0) is 0 Å². The Morgan fingerprint density at radius 1 is 1.04 bits per heavy atom. The van der Waals surface area contributed by atoms with E-state index in [0.29, 0.717) is 0 Å². The molecule has 2 rings (SSSR count). The molecule has 0 aromatic heterocycles. The third-order valence-corrected chi connectivity index (χ3v) is 3.17. The Labute approximate surface area is 130 Å². The third kappa shape index (κ3) is 3.62. The first kappa shape index (κ1) is 16.0. The molecule has 118 valence electrons. The standard InChI is InChI=1S/C15H13N3O5/c1-9-12(3-2-4-13(9)18(22)23)15(21)17-16-14(20)10-5-7-11(19)8-6-10/h2-8,19H,1H3,(H,16,20)(H,17,21). The molecule has 23 heavy (non-hydrogen) atoms. The summed E-state index contributed by atoms with van der Waals surface area (Å²) in [6.45, 7) is 1.45. The zero-order chi connectivity index (χ0) is 17.0. The van der Waals surface area contributed by atoms with E-state index in [1.165, 1.54) is 49.4 Å². The highest BCUT2D eigenvalue weighted by molar-refractivity contribution is 6.00. The molecule has 8 heteroatoms. The SMILES string of the molecule is Cc1c(C(=O)NNC(=O)c2ccc(O)cc2)cccc1[N+](=O)[O-]. The van der Waals surface area contributed by atoms with Crippen LogP contribution in [0.25, 0.3) is 0 Å². The number of nitro benzene ring substituents is 1. The normalized spacial score (nSPS) is 9.96. The summed E-state index contributed by atoms with van der Waals surface area (Å²) in [6, 6.07) is 9.54. The molecule has 0 fully saturated rings. The number of carbonyl (C=O) groups excluding carboxylic acids is 2. The minimum Gasteiger partial charge on any atom is -0.508 e. The van der Waals surface area contributed by atoms with E-state index in [1.54, 1.807) is 0 Å². The molecule has 0 aliphatic carbocycles. The van der Waals surface area contributed by atoms with E-state index >= 15 is 0 Å². The van der Waals surface area contributed by atoms with Crippen LogP contribution in [0, 0.1) is 17.0 Å². The third-order valence-electron chi connectivity index (χ3n) is 3.17. The Morgan fingerprint density at radius 2 is 1.65 bits per heavy atom. The number of phenols is 1. The van der Waals surface area contributed by atoms with Crippen LogP contribution in [0.4, 0.5) is 5.69 Å². The largest absolute Gasteiger partial charge is 0.508 e. The Morgan fingerprint density at radius 3 is 2.26 bits per heavy atom. The lowest BCUT2D eigenvalue weighted by Crippen LogP contribution is -2.41. The zero-order valence-electron chi connectivity index (χ0n) is 12.1. The fourth-order valence-electron chi connectivity index (χ4n) is 1.93. The number of hydrogen-bond acceptors (Lipinski definition) is 5. The number of aromatic hydroxyl groups is 1. The minimum atomic E-state index is -0.668. The van der Waals surface area contributed by atoms with E-state index < -0.39 is 16.7 Å². The molecule has 0 bridgehead atoms. The molecule has 2 aromatic carbocycles. The molecule has 8 nitrogen and oxygen atoms in total. The van der Waals surface area contributed by atoms with Gasteiger partial charge in [0, 0.05) is 17.2 Å². The summed E-state index contributed by atoms with van der Waals surface area (Å²) in [5.74, 6) is -1.24. The lowest BCUT2D eigenvalue weighted by atomic mass is 10.1. The highest BCUT2D eigenvalue weighted by atomic mass is 16.6. The van der Waals surface area contributed by atoms with Gasteiger partial charge in [-0.15, -0.1) is 0 Å². The van der Waals surface area contributed by atoms with Gasteiger partial charge in [0.2, 0.25) is 0 Å². The maximum atomic E-state index is 12.0. The van der Waals surface area contributed by atoms with Crippen molar-refractivity contribution < 1.29 is 19.6 Å². The maximum Gasteiger partial charge on any atom is 0.273 e. The molecule has 0 radical (unpaired) electrons. The highest BCUT2D eigenvalue weighted by Crippen LogP contribution is 2.20. The summed E-state index contributed by atoms with van der Waals surface area (Å²) in [5.41, 5.74) is 4.75. The molecular weight excluding hydrogens is 302 g/mol. The number of benzene rings is 2. The Hall–Kier alpha value is -3.42. The quantitative estimate of drug-likeness (QED) is 0.587. The Balaban J connectivity index is 2.08. The van der Waals surface area contributed by atoms with Gasteiger partial charge >= 0.3 is 0 Å². The van der Waals surface area contributed by atoms with E-state index in [2.05, 4.69) is 10.9 Å². The van der Waals surface area contributed by atoms with Crippen LogP contribution < -0.4 is 10.9 Å². The fraction of sp³-hybridized carbons (Fsp3) is 0.0667. The molecule has 2 amide bonds. The van der Waals surface area contributed by atoms with Gasteiger partial charge in [-0.25, -0.2) is 0 Å². The summed E-state index contributed by atoms with van der Waals surface area (Å²) in [7, 11) is 0. The number of nitro groups is 1. The first-order chi connectivity index (χ1) is 10.9. The average Bonchev–Trinajstić information content (AvgIpc) is 2.53. The van der Waals surface area contributed by atoms with Gasteiger partial charge in [0.05, 0.1) is 10.5 Å². The van der Waals surface area contributed by atoms with Crippen LogP contribution >= 0.6 is 0 Å². The van der Waals surface area contributed by atoms with Crippen LogP contribution in [-0.4, -0.2) is 21.8 Å². The van der Waals surface area contributed by atoms with Crippen molar-refractivity contribution in [3.05, 3.63) is 69.3 Å². The van der Waals surface area contributed by atoms with Crippen LogP contribution in [0.15, 0.2) is 42.5 Å². The molecule has 3 N–H and O–H groups in total. The zero-order valence-corrected chi connectivity index (χ0v) is 12.1. The van der Waals surface area contributed by atoms with E-state index in [4.69, 9.17) is 5.11 Å². The highest BCUT2D eigenvalue weighted by Gasteiger charge is 2.18. The number of carbonyl (C=O) groups is 2. The average molecular weight is 315 g/mol. The predicted molar refractivity (Wildman–Crippen MR) is 80.9 cm³/mol. The number of nitrogens with one attached hydrogen (secondary N) is 2. The lowest BCUT2D eigenvalue weighted by molar-refractivity contribution is -0.385. The number of hydrogen-bond donors (Lipinski definition) is 3. The topological polar surface area (TPSA) is 122 Å². The number of nitrogens with zero attached hydrogens (tertiary/aromatic N) is 1. The fourth-order valence-corrected chi connectivity index (χ4v) is 1.93. The number of amides is 2. The van der Waals surface area contributed by atoms with Gasteiger partial charge in [-0.1, -0.05) is 6.07 Å². The van der Waals surface area contributed by atoms with Crippen LogP contribution in [0.3, 0.4) is 0 Å². The van der Waals surface area contributed by atoms with Crippen LogP contribution in [0.1, 0.15) is 26.3 Å². The Kier molecular flexibility index (Phi) is 4.55. The molecule has 2 aromatic rings. The van der Waals surface area contributed by atoms with Crippen LogP contribution in [0.5, 0.6) is 5.75 Å². The minimum absolute atomic E-state index is 0.0119. The van der Waals surface area contributed by atoms with Crippen molar-refractivity contribution in [1.29, 1.82) is 0 Å². The van der Waals surface area contributed by atoms with Crippen molar-refractivity contribution in [3.8, 4) is 5.75 Å². The molecule has 0 saturated heterocycles. The molecule has 0 aliphatic rings. The predicted octanol–water partition coefficient (Wildman–Crippen LogP) is 1.68. The van der Waals surface area contributed by atoms with E-state index in [0.717, 1.165) is 0 Å². The first-order valence-corrected chi connectivity index (χ1v) is 6.54. The molecule has 0 heterocycles. The van der Waals surface area contributed by atoms with E-state index in [-0.39, 0.29) is 28.1 Å². The monoisotopic (exact) mass is 315 g/mol. The second kappa shape index (κ2) is 6.56. The van der Waals surface area contributed by atoms with Gasteiger partial charge in [0.1, 0.15) is 5.75 Å². The van der Waals surface area contributed by atoms with Gasteiger partial charge in [0.25, 0.3) is 17.5 Å². The van der Waals surface area contributed by atoms with Gasteiger partial charge in [-0.3, -0.25) is 30.6 Å². The van der Waals surface area contributed by atoms with Gasteiger partial charge < -0.3 is 5.11 Å². The van der Waals surface area contributed by atoms with Crippen molar-refractivity contribution >= 4 is 17.5 Å². The summed E-state index contributed by atoms with van der Waals surface area (Å²) in [4.78, 5) is 34.2. The molecule has 0 atom stereocenters. The number of hydrazine groups is 1. The molecule has 0 saturated carbocycles. The first-order valence-electron chi connectivity index (χ1n) is 6.54. The van der Waals surface area contributed by atoms with E-state index in [1.807, 2.05) is 0 Å². The van der Waals surface area contributed by atoms with Crippen molar-refractivity contribution in [2.75, 3.05) is 0 Å². The lowest BCUT2D eigenvalue weighted by Gasteiger charge is -2.09.